The largest absolute Gasteiger partial charge is 0.299 e. The molecule has 2 atom stereocenters. The van der Waals surface area contributed by atoms with E-state index >= 15 is 0 Å². The average Bonchev–Trinajstić information content (AvgIpc) is 3.20. The van der Waals surface area contributed by atoms with Gasteiger partial charge in [-0.05, 0) is 91.1 Å². The minimum atomic E-state index is -0.222. The van der Waals surface area contributed by atoms with Crippen molar-refractivity contribution in [3.8, 4) is 0 Å². The van der Waals surface area contributed by atoms with E-state index in [4.69, 9.17) is 0 Å². The maximum Gasteiger partial charge on any atom is 0.142 e. The van der Waals surface area contributed by atoms with Crippen molar-refractivity contribution in [3.63, 3.8) is 0 Å². The van der Waals surface area contributed by atoms with Crippen LogP contribution in [0.4, 0.5) is 0 Å². The van der Waals surface area contributed by atoms with E-state index in [1.54, 1.807) is 0 Å². The van der Waals surface area contributed by atoms with E-state index in [0.29, 0.717) is 11.2 Å². The fourth-order valence-electron chi connectivity index (χ4n) is 5.45. The molecule has 0 aromatic rings. The molecule has 0 bridgehead atoms. The summed E-state index contributed by atoms with van der Waals surface area (Å²) >= 11 is 0. The fraction of sp³-hybridized carbons (Fsp3) is 0.962. The van der Waals surface area contributed by atoms with E-state index in [1.165, 1.54) is 25.9 Å². The Balaban J connectivity index is 1.89. The van der Waals surface area contributed by atoms with Crippen molar-refractivity contribution in [2.24, 2.45) is 22.7 Å². The number of rotatable bonds is 7. The highest BCUT2D eigenvalue weighted by molar-refractivity contribution is 5.86. The molecule has 29 heavy (non-hydrogen) atoms. The van der Waals surface area contributed by atoms with Crippen LogP contribution >= 0.6 is 0 Å². The molecule has 2 aliphatic heterocycles. The predicted molar refractivity (Wildman–Crippen MR) is 125 cm³/mol. The lowest BCUT2D eigenvalue weighted by Crippen LogP contribution is -2.44. The smallest absolute Gasteiger partial charge is 0.142 e. The van der Waals surface area contributed by atoms with E-state index < -0.39 is 0 Å². The molecule has 0 radical (unpaired) electrons. The molecule has 2 heterocycles. The van der Waals surface area contributed by atoms with Gasteiger partial charge in [0.25, 0.3) is 0 Å². The van der Waals surface area contributed by atoms with Gasteiger partial charge in [-0.15, -0.1) is 0 Å². The second-order valence-electron chi connectivity index (χ2n) is 13.5. The summed E-state index contributed by atoms with van der Waals surface area (Å²) in [4.78, 5) is 18.5. The summed E-state index contributed by atoms with van der Waals surface area (Å²) in [5, 5.41) is 0. The van der Waals surface area contributed by atoms with Gasteiger partial charge in [0.15, 0.2) is 0 Å². The van der Waals surface area contributed by atoms with Crippen molar-refractivity contribution in [2.45, 2.75) is 112 Å². The number of ketones is 1. The molecule has 0 spiro atoms. The minimum absolute atomic E-state index is 0.167. The highest BCUT2D eigenvalue weighted by Gasteiger charge is 2.41. The Kier molecular flexibility index (Phi) is 7.38. The highest BCUT2D eigenvalue weighted by Crippen LogP contribution is 2.38. The van der Waals surface area contributed by atoms with Crippen molar-refractivity contribution in [1.29, 1.82) is 0 Å². The molecular formula is C26H50N2O. The van der Waals surface area contributed by atoms with Crippen molar-refractivity contribution < 1.29 is 4.79 Å². The van der Waals surface area contributed by atoms with Crippen molar-refractivity contribution in [2.75, 3.05) is 26.2 Å². The third kappa shape index (κ3) is 6.79. The first kappa shape index (κ1) is 24.9. The molecule has 2 aliphatic rings. The van der Waals surface area contributed by atoms with Gasteiger partial charge in [0.2, 0.25) is 0 Å². The van der Waals surface area contributed by atoms with Crippen LogP contribution in [-0.4, -0.2) is 52.8 Å². The van der Waals surface area contributed by atoms with E-state index in [9.17, 15) is 4.79 Å². The number of carbonyl (C=O) groups excluding carboxylic acids is 1. The third-order valence-electron chi connectivity index (χ3n) is 7.58. The number of likely N-dealkylation sites (tertiary alicyclic amines) is 2. The molecule has 2 fully saturated rings. The Morgan fingerprint density at radius 2 is 1.38 bits per heavy atom. The van der Waals surface area contributed by atoms with Crippen LogP contribution in [0.15, 0.2) is 0 Å². The third-order valence-corrected chi connectivity index (χ3v) is 7.58. The standard InChI is InChI=1S/C26H50N2O/c1-23(2,3)17-20-11-15-28(18-20)26(9,10)14-13-25(7,8)22(29)21-12-16-27(19-21)24(4,5)6/h20-21H,11-19H2,1-10H3. The first-order valence-corrected chi connectivity index (χ1v) is 12.1. The van der Waals surface area contributed by atoms with Gasteiger partial charge < -0.3 is 0 Å². The number of hydrogen-bond acceptors (Lipinski definition) is 3. The lowest BCUT2D eigenvalue weighted by Gasteiger charge is -2.39. The van der Waals surface area contributed by atoms with Crippen LogP contribution in [0.25, 0.3) is 0 Å². The molecule has 0 saturated carbocycles. The van der Waals surface area contributed by atoms with E-state index in [-0.39, 0.29) is 22.4 Å². The summed E-state index contributed by atoms with van der Waals surface area (Å²) < 4.78 is 0. The second-order valence-corrected chi connectivity index (χ2v) is 13.5. The zero-order valence-electron chi connectivity index (χ0n) is 21.3. The Morgan fingerprint density at radius 1 is 0.793 bits per heavy atom. The number of hydrogen-bond donors (Lipinski definition) is 0. The zero-order valence-corrected chi connectivity index (χ0v) is 21.3. The topological polar surface area (TPSA) is 23.6 Å². The summed E-state index contributed by atoms with van der Waals surface area (Å²) in [6.45, 7) is 27.5. The molecule has 3 nitrogen and oxygen atoms in total. The van der Waals surface area contributed by atoms with E-state index in [1.807, 2.05) is 0 Å². The predicted octanol–water partition coefficient (Wildman–Crippen LogP) is 6.02. The zero-order chi connectivity index (χ0) is 22.3. The van der Waals surface area contributed by atoms with E-state index in [2.05, 4.69) is 79.0 Å². The van der Waals surface area contributed by atoms with Crippen molar-refractivity contribution >= 4 is 5.78 Å². The summed E-state index contributed by atoms with van der Waals surface area (Å²) in [7, 11) is 0. The van der Waals surface area contributed by atoms with Crippen LogP contribution in [0.3, 0.4) is 0 Å². The summed E-state index contributed by atoms with van der Waals surface area (Å²) in [5.74, 6) is 1.54. The molecule has 0 N–H and O–H groups in total. The molecule has 0 aliphatic carbocycles. The Morgan fingerprint density at radius 3 is 1.90 bits per heavy atom. The van der Waals surface area contributed by atoms with Crippen LogP contribution in [0, 0.1) is 22.7 Å². The first-order chi connectivity index (χ1) is 13.0. The van der Waals surface area contributed by atoms with Gasteiger partial charge in [-0.1, -0.05) is 34.6 Å². The Hall–Kier alpha value is -0.410. The molecular weight excluding hydrogens is 356 g/mol. The Labute approximate surface area is 182 Å². The quantitative estimate of drug-likeness (QED) is 0.516. The van der Waals surface area contributed by atoms with Crippen LogP contribution in [0.2, 0.25) is 0 Å². The lowest BCUT2D eigenvalue weighted by molar-refractivity contribution is -0.131. The van der Waals surface area contributed by atoms with Crippen molar-refractivity contribution in [1.82, 2.24) is 9.80 Å². The number of nitrogens with zero attached hydrogens (tertiary/aromatic N) is 2. The SMILES string of the molecule is CC(C)(C)CC1CCN(C(C)(C)CCC(C)(C)C(=O)C2CCN(C(C)(C)C)C2)C1. The van der Waals surface area contributed by atoms with Gasteiger partial charge in [0, 0.05) is 35.5 Å². The van der Waals surface area contributed by atoms with Gasteiger partial charge in [0.05, 0.1) is 0 Å². The molecule has 0 aromatic heterocycles. The summed E-state index contributed by atoms with van der Waals surface area (Å²) in [6.07, 6.45) is 5.77. The van der Waals surface area contributed by atoms with Gasteiger partial charge in [-0.3, -0.25) is 14.6 Å². The van der Waals surface area contributed by atoms with Crippen LogP contribution in [0.1, 0.15) is 101 Å². The Bertz CT molecular complexity index is 564. The van der Waals surface area contributed by atoms with Gasteiger partial charge in [0.1, 0.15) is 5.78 Å². The van der Waals surface area contributed by atoms with E-state index in [0.717, 1.165) is 38.3 Å². The maximum atomic E-state index is 13.3. The van der Waals surface area contributed by atoms with Crippen LogP contribution < -0.4 is 0 Å². The van der Waals surface area contributed by atoms with Gasteiger partial charge in [-0.25, -0.2) is 0 Å². The summed E-state index contributed by atoms with van der Waals surface area (Å²) in [5.41, 5.74) is 0.541. The van der Waals surface area contributed by atoms with Crippen molar-refractivity contribution in [3.05, 3.63) is 0 Å². The molecule has 3 heteroatoms. The molecule has 2 rings (SSSR count). The average molecular weight is 407 g/mol. The van der Waals surface area contributed by atoms with Crippen LogP contribution in [0.5, 0.6) is 0 Å². The molecule has 0 amide bonds. The molecule has 2 unspecified atom stereocenters. The lowest BCUT2D eigenvalue weighted by atomic mass is 9.75. The monoisotopic (exact) mass is 406 g/mol. The number of carbonyl (C=O) groups is 1. The maximum absolute atomic E-state index is 13.3. The first-order valence-electron chi connectivity index (χ1n) is 12.1. The molecule has 0 aromatic carbocycles. The van der Waals surface area contributed by atoms with Gasteiger partial charge >= 0.3 is 0 Å². The fourth-order valence-corrected chi connectivity index (χ4v) is 5.45. The summed E-state index contributed by atoms with van der Waals surface area (Å²) in [6, 6.07) is 0. The normalized spacial score (nSPS) is 25.7. The van der Waals surface area contributed by atoms with Crippen LogP contribution in [-0.2, 0) is 4.79 Å². The number of Topliss-reactive ketones (excluding diaryl/α,β-unsaturated/α-hetero) is 1. The molecule has 170 valence electrons. The minimum Gasteiger partial charge on any atom is -0.299 e. The van der Waals surface area contributed by atoms with Gasteiger partial charge in [-0.2, -0.15) is 0 Å². The molecule has 2 saturated heterocycles. The second kappa shape index (κ2) is 8.61. The highest BCUT2D eigenvalue weighted by atomic mass is 16.1.